The number of carbonyl (C=O) groups excluding carboxylic acids is 3. The van der Waals surface area contributed by atoms with Crippen LogP contribution in [0.1, 0.15) is 73.7 Å². The summed E-state index contributed by atoms with van der Waals surface area (Å²) in [6, 6.07) is 4.28. The highest BCUT2D eigenvalue weighted by Gasteiger charge is 2.33. The maximum absolute atomic E-state index is 13.6. The maximum Gasteiger partial charge on any atom is 0.275 e. The van der Waals surface area contributed by atoms with Gasteiger partial charge in [-0.2, -0.15) is 5.10 Å². The van der Waals surface area contributed by atoms with Crippen LogP contribution in [-0.2, 0) is 11.3 Å². The quantitative estimate of drug-likeness (QED) is 0.483. The van der Waals surface area contributed by atoms with Crippen LogP contribution in [0.2, 0.25) is 10.0 Å². The van der Waals surface area contributed by atoms with Crippen molar-refractivity contribution < 1.29 is 19.1 Å². The van der Waals surface area contributed by atoms with Crippen molar-refractivity contribution in [3.63, 3.8) is 0 Å². The van der Waals surface area contributed by atoms with E-state index in [1.165, 1.54) is 4.90 Å². The summed E-state index contributed by atoms with van der Waals surface area (Å²) in [4.78, 5) is 45.5. The molecule has 0 spiro atoms. The normalized spacial score (nSPS) is 18.5. The van der Waals surface area contributed by atoms with E-state index in [1.54, 1.807) is 53.0 Å². The van der Waals surface area contributed by atoms with Crippen LogP contribution >= 0.6 is 23.2 Å². The molecule has 0 saturated heterocycles. The minimum absolute atomic E-state index is 0.111. The molecule has 1 atom stereocenters. The number of halogens is 2. The largest absolute Gasteiger partial charge is 0.493 e. The Morgan fingerprint density at radius 1 is 1.07 bits per heavy atom. The first-order valence-corrected chi connectivity index (χ1v) is 14.8. The van der Waals surface area contributed by atoms with Gasteiger partial charge in [0, 0.05) is 51.5 Å². The molecule has 11 heteroatoms. The van der Waals surface area contributed by atoms with Crippen molar-refractivity contribution in [3.8, 4) is 5.75 Å². The van der Waals surface area contributed by atoms with E-state index in [0.717, 1.165) is 6.42 Å². The monoisotopic (exact) mass is 593 g/mol. The van der Waals surface area contributed by atoms with Crippen molar-refractivity contribution in [3.05, 3.63) is 45.7 Å². The molecule has 1 aromatic heterocycles. The number of aryl methyl sites for hydroxylation is 1. The lowest BCUT2D eigenvalue weighted by atomic mass is 10.00. The molecule has 9 nitrogen and oxygen atoms in total. The number of likely N-dealkylation sites (N-methyl/N-ethyl adjacent to an activating group) is 2. The van der Waals surface area contributed by atoms with Gasteiger partial charge in [-0.05, 0) is 56.2 Å². The third-order valence-electron chi connectivity index (χ3n) is 7.08. The maximum atomic E-state index is 13.6. The molecule has 0 unspecified atom stereocenters. The van der Waals surface area contributed by atoms with Gasteiger partial charge in [-0.25, -0.2) is 0 Å². The van der Waals surface area contributed by atoms with Gasteiger partial charge in [-0.1, -0.05) is 44.0 Å². The average molecular weight is 595 g/mol. The van der Waals surface area contributed by atoms with Gasteiger partial charge in [0.2, 0.25) is 5.91 Å². The lowest BCUT2D eigenvalue weighted by Gasteiger charge is -2.33. The Balaban J connectivity index is 1.86. The van der Waals surface area contributed by atoms with E-state index in [9.17, 15) is 14.4 Å². The van der Waals surface area contributed by atoms with Gasteiger partial charge < -0.3 is 19.4 Å². The number of nitrogens with zero attached hydrogens (tertiary/aromatic N) is 5. The minimum Gasteiger partial charge on any atom is -0.493 e. The van der Waals surface area contributed by atoms with Gasteiger partial charge in [-0.3, -0.25) is 19.1 Å². The number of ether oxygens (including phenoxy) is 1. The van der Waals surface area contributed by atoms with Crippen LogP contribution in [0.5, 0.6) is 5.75 Å². The van der Waals surface area contributed by atoms with Crippen LogP contribution < -0.4 is 4.74 Å². The summed E-state index contributed by atoms with van der Waals surface area (Å²) < 4.78 is 7.72. The number of aromatic nitrogens is 2. The predicted molar refractivity (Wildman–Crippen MR) is 157 cm³/mol. The Morgan fingerprint density at radius 2 is 1.75 bits per heavy atom. The summed E-state index contributed by atoms with van der Waals surface area (Å²) in [5.74, 6) is -0.357. The predicted octanol–water partition coefficient (Wildman–Crippen LogP) is 5.25. The molecule has 220 valence electrons. The third-order valence-corrected chi connectivity index (χ3v) is 7.59. The van der Waals surface area contributed by atoms with Crippen molar-refractivity contribution in [2.45, 2.75) is 65.5 Å². The fourth-order valence-electron chi connectivity index (χ4n) is 4.93. The molecule has 2 aromatic rings. The van der Waals surface area contributed by atoms with Crippen LogP contribution in [0.25, 0.3) is 0 Å². The Labute approximate surface area is 247 Å². The van der Waals surface area contributed by atoms with E-state index in [4.69, 9.17) is 27.9 Å². The molecule has 0 saturated carbocycles. The fraction of sp³-hybridized carbons (Fsp3) is 0.586. The first kappa shape index (κ1) is 31.7. The van der Waals surface area contributed by atoms with Crippen molar-refractivity contribution in [2.24, 2.45) is 5.92 Å². The molecule has 0 fully saturated rings. The van der Waals surface area contributed by atoms with E-state index < -0.39 is 6.04 Å². The average Bonchev–Trinajstić information content (AvgIpc) is 3.28. The van der Waals surface area contributed by atoms with Crippen molar-refractivity contribution in [1.82, 2.24) is 24.5 Å². The number of fused-ring (bicyclic) bond motifs is 1. The smallest absolute Gasteiger partial charge is 0.275 e. The molecule has 40 heavy (non-hydrogen) atoms. The molecular weight excluding hydrogens is 553 g/mol. The van der Waals surface area contributed by atoms with Crippen LogP contribution in [-0.4, -0.2) is 88.6 Å². The van der Waals surface area contributed by atoms with Crippen LogP contribution in [0, 0.1) is 5.92 Å². The highest BCUT2D eigenvalue weighted by atomic mass is 35.5. The molecule has 1 aliphatic heterocycles. The number of carbonyl (C=O) groups is 3. The Morgan fingerprint density at radius 3 is 2.42 bits per heavy atom. The van der Waals surface area contributed by atoms with E-state index in [1.807, 2.05) is 20.8 Å². The lowest BCUT2D eigenvalue weighted by Crippen LogP contribution is -2.51. The van der Waals surface area contributed by atoms with E-state index >= 15 is 0 Å². The molecule has 0 bridgehead atoms. The van der Waals surface area contributed by atoms with Crippen LogP contribution in [0.4, 0.5) is 0 Å². The van der Waals surface area contributed by atoms with Gasteiger partial charge >= 0.3 is 0 Å². The van der Waals surface area contributed by atoms with E-state index in [-0.39, 0.29) is 29.3 Å². The van der Waals surface area contributed by atoms with E-state index in [0.29, 0.717) is 79.8 Å². The first-order chi connectivity index (χ1) is 19.0. The third kappa shape index (κ3) is 7.91. The Bertz CT molecular complexity index is 1190. The molecule has 1 aromatic carbocycles. The number of rotatable bonds is 4. The topological polar surface area (TPSA) is 88.0 Å². The highest BCUT2D eigenvalue weighted by molar-refractivity contribution is 6.33. The SMILES string of the molecule is CCCn1cc(Cl)c(C(=O)N2CCCCOc3ccc(Cl)cc3C(=O)N(C)[C@@H](C(C)C)C(=O)N(C)CCCC2)n1. The summed E-state index contributed by atoms with van der Waals surface area (Å²) >= 11 is 12.6. The zero-order chi connectivity index (χ0) is 29.4. The molecular formula is C29H41Cl2N5O4. The molecule has 0 radical (unpaired) electrons. The van der Waals surface area contributed by atoms with Gasteiger partial charge in [0.25, 0.3) is 11.8 Å². The second-order valence-electron chi connectivity index (χ2n) is 10.6. The fourth-order valence-corrected chi connectivity index (χ4v) is 5.34. The number of hydrogen-bond acceptors (Lipinski definition) is 5. The summed E-state index contributed by atoms with van der Waals surface area (Å²) in [7, 11) is 3.40. The van der Waals surface area contributed by atoms with Crippen molar-refractivity contribution in [1.29, 1.82) is 0 Å². The number of hydrogen-bond donors (Lipinski definition) is 0. The summed E-state index contributed by atoms with van der Waals surface area (Å²) in [6.45, 7) is 8.47. The van der Waals surface area contributed by atoms with Gasteiger partial charge in [0.05, 0.1) is 17.2 Å². The number of amides is 3. The van der Waals surface area contributed by atoms with Gasteiger partial charge in [-0.15, -0.1) is 0 Å². The molecule has 1 aliphatic rings. The minimum atomic E-state index is -0.654. The molecule has 0 N–H and O–H groups in total. The number of benzene rings is 1. The summed E-state index contributed by atoms with van der Waals surface area (Å²) in [5, 5.41) is 5.18. The Kier molecular flexibility index (Phi) is 11.7. The molecule has 2 heterocycles. The van der Waals surface area contributed by atoms with Crippen molar-refractivity contribution in [2.75, 3.05) is 40.3 Å². The first-order valence-electron chi connectivity index (χ1n) is 14.0. The Hall–Kier alpha value is -2.78. The van der Waals surface area contributed by atoms with Gasteiger partial charge in [0.15, 0.2) is 5.69 Å². The molecule has 0 aliphatic carbocycles. The summed E-state index contributed by atoms with van der Waals surface area (Å²) in [6.07, 6.45) is 5.36. The van der Waals surface area contributed by atoms with Crippen molar-refractivity contribution >= 4 is 40.9 Å². The molecule has 3 amide bonds. The van der Waals surface area contributed by atoms with E-state index in [2.05, 4.69) is 5.10 Å². The second kappa shape index (κ2) is 14.7. The van der Waals surface area contributed by atoms with Gasteiger partial charge in [0.1, 0.15) is 11.8 Å². The standard InChI is InChI=1S/C29H41Cl2N5O4/c1-6-13-36-19-23(31)25(32-36)28(38)35-15-8-7-14-33(4)29(39)26(20(2)3)34(5)27(37)22-18-21(30)11-12-24(22)40-17-10-9-16-35/h11-12,18-20,26H,6-10,13-17H2,1-5H3/t26-/m0/s1. The summed E-state index contributed by atoms with van der Waals surface area (Å²) in [5.41, 5.74) is 0.575. The zero-order valence-corrected chi connectivity index (χ0v) is 25.7. The van der Waals surface area contributed by atoms with Crippen LogP contribution in [0.3, 0.4) is 0 Å². The zero-order valence-electron chi connectivity index (χ0n) is 24.2. The van der Waals surface area contributed by atoms with Crippen LogP contribution in [0.15, 0.2) is 24.4 Å². The lowest BCUT2D eigenvalue weighted by molar-refractivity contribution is -0.136. The molecule has 3 rings (SSSR count). The highest BCUT2D eigenvalue weighted by Crippen LogP contribution is 2.27. The second-order valence-corrected chi connectivity index (χ2v) is 11.5.